The topological polar surface area (TPSA) is 92.9 Å². The second-order valence-corrected chi connectivity index (χ2v) is 7.44. The van der Waals surface area contributed by atoms with Gasteiger partial charge in [0.2, 0.25) is 0 Å². The number of carbonyl (C=O) groups is 1. The lowest BCUT2D eigenvalue weighted by atomic mass is 10.1. The average Bonchev–Trinajstić information content (AvgIpc) is 2.83. The van der Waals surface area contributed by atoms with Gasteiger partial charge in [-0.15, -0.1) is 0 Å². The van der Waals surface area contributed by atoms with E-state index >= 15 is 0 Å². The van der Waals surface area contributed by atoms with Crippen molar-refractivity contribution in [2.24, 2.45) is 5.10 Å². The Kier molecular flexibility index (Phi) is 7.84. The molecule has 0 fully saturated rings. The predicted octanol–water partition coefficient (Wildman–Crippen LogP) is 4.68. The number of nitrogens with one attached hydrogen (secondary N) is 1. The number of ether oxygens (including phenoxy) is 3. The van der Waals surface area contributed by atoms with Gasteiger partial charge < -0.3 is 14.2 Å². The van der Waals surface area contributed by atoms with Gasteiger partial charge in [-0.1, -0.05) is 12.1 Å². The highest BCUT2D eigenvalue weighted by Crippen LogP contribution is 2.26. The predicted molar refractivity (Wildman–Crippen MR) is 124 cm³/mol. The molecule has 0 radical (unpaired) electrons. The summed E-state index contributed by atoms with van der Waals surface area (Å²) in [6.07, 6.45) is 1.53. The summed E-state index contributed by atoms with van der Waals surface area (Å²) in [6, 6.07) is 19.7. The first-order valence-corrected chi connectivity index (χ1v) is 10.3. The van der Waals surface area contributed by atoms with Crippen LogP contribution in [-0.4, -0.2) is 26.3 Å². The van der Waals surface area contributed by atoms with Crippen molar-refractivity contribution in [2.45, 2.75) is 6.61 Å². The maximum Gasteiger partial charge on any atom is 0.271 e. The number of nitrogens with zero attached hydrogens (tertiary/aromatic N) is 2. The lowest BCUT2D eigenvalue weighted by molar-refractivity contribution is 0.0954. The molecule has 0 aliphatic heterocycles. The summed E-state index contributed by atoms with van der Waals surface area (Å²) in [4.78, 5) is 12.4. The third-order valence-electron chi connectivity index (χ3n) is 4.43. The first kappa shape index (κ1) is 22.8. The highest BCUT2D eigenvalue weighted by molar-refractivity contribution is 9.10. The largest absolute Gasteiger partial charge is 0.497 e. The van der Waals surface area contributed by atoms with Crippen LogP contribution in [0.15, 0.2) is 70.2 Å². The first-order valence-electron chi connectivity index (χ1n) is 9.50. The molecule has 3 rings (SSSR count). The maximum absolute atomic E-state index is 12.4. The van der Waals surface area contributed by atoms with Crippen LogP contribution in [0.2, 0.25) is 0 Å². The SMILES string of the molecule is COc1cc(OC)cc(C(=O)NN=Cc2ccc(OCc3ccc(C#N)cc3)c(Br)c2)c1. The van der Waals surface area contributed by atoms with Gasteiger partial charge in [0.15, 0.2) is 0 Å². The molecular formula is C24H20BrN3O4. The van der Waals surface area contributed by atoms with Gasteiger partial charge in [0.25, 0.3) is 5.91 Å². The quantitative estimate of drug-likeness (QED) is 0.363. The molecule has 3 aromatic carbocycles. The van der Waals surface area contributed by atoms with Crippen LogP contribution in [0, 0.1) is 11.3 Å². The molecule has 1 N–H and O–H groups in total. The van der Waals surface area contributed by atoms with Crippen LogP contribution in [0.4, 0.5) is 0 Å². The zero-order valence-corrected chi connectivity index (χ0v) is 19.0. The lowest BCUT2D eigenvalue weighted by Crippen LogP contribution is -2.17. The Morgan fingerprint density at radius 3 is 2.34 bits per heavy atom. The van der Waals surface area contributed by atoms with E-state index < -0.39 is 0 Å². The number of hydrogen-bond donors (Lipinski definition) is 1. The highest BCUT2D eigenvalue weighted by atomic mass is 79.9. The van der Waals surface area contributed by atoms with Gasteiger partial charge in [-0.25, -0.2) is 5.43 Å². The van der Waals surface area contributed by atoms with E-state index in [1.54, 1.807) is 30.3 Å². The second kappa shape index (κ2) is 11.0. The number of hydrogen-bond acceptors (Lipinski definition) is 6. The van der Waals surface area contributed by atoms with Crippen LogP contribution < -0.4 is 19.6 Å². The van der Waals surface area contributed by atoms with E-state index in [4.69, 9.17) is 19.5 Å². The van der Waals surface area contributed by atoms with Gasteiger partial charge in [0.1, 0.15) is 23.9 Å². The van der Waals surface area contributed by atoms with Gasteiger partial charge in [0.05, 0.1) is 36.5 Å². The minimum atomic E-state index is -0.389. The van der Waals surface area contributed by atoms with Gasteiger partial charge >= 0.3 is 0 Å². The van der Waals surface area contributed by atoms with Crippen molar-refractivity contribution in [1.82, 2.24) is 5.43 Å². The van der Waals surface area contributed by atoms with Crippen LogP contribution in [0.3, 0.4) is 0 Å². The van der Waals surface area contributed by atoms with Crippen molar-refractivity contribution in [3.05, 3.63) is 87.4 Å². The van der Waals surface area contributed by atoms with Crippen LogP contribution in [0.1, 0.15) is 27.0 Å². The van der Waals surface area contributed by atoms with E-state index in [9.17, 15) is 4.79 Å². The maximum atomic E-state index is 12.4. The number of amides is 1. The molecule has 8 heteroatoms. The number of rotatable bonds is 8. The van der Waals surface area contributed by atoms with Crippen molar-refractivity contribution >= 4 is 28.1 Å². The van der Waals surface area contributed by atoms with E-state index in [1.165, 1.54) is 20.4 Å². The van der Waals surface area contributed by atoms with Gasteiger partial charge in [0, 0.05) is 11.6 Å². The fourth-order valence-corrected chi connectivity index (χ4v) is 3.23. The number of halogens is 1. The third-order valence-corrected chi connectivity index (χ3v) is 5.05. The number of nitriles is 1. The Morgan fingerprint density at radius 2 is 1.75 bits per heavy atom. The van der Waals surface area contributed by atoms with Crippen LogP contribution in [-0.2, 0) is 6.61 Å². The standard InChI is InChI=1S/C24H20BrN3O4/c1-30-20-10-19(11-21(12-20)31-2)24(29)28-27-14-18-7-8-23(22(25)9-18)32-15-17-5-3-16(13-26)4-6-17/h3-12,14H,15H2,1-2H3,(H,28,29). The van der Waals surface area contributed by atoms with E-state index in [0.29, 0.717) is 35.0 Å². The second-order valence-electron chi connectivity index (χ2n) is 6.59. The molecule has 0 aliphatic rings. The van der Waals surface area contributed by atoms with Crippen molar-refractivity contribution in [3.63, 3.8) is 0 Å². The highest BCUT2D eigenvalue weighted by Gasteiger charge is 2.09. The molecule has 3 aromatic rings. The summed E-state index contributed by atoms with van der Waals surface area (Å²) in [5.41, 5.74) is 5.19. The van der Waals surface area contributed by atoms with Crippen LogP contribution >= 0.6 is 15.9 Å². The van der Waals surface area contributed by atoms with E-state index in [1.807, 2.05) is 30.3 Å². The normalized spacial score (nSPS) is 10.4. The molecule has 7 nitrogen and oxygen atoms in total. The Hall–Kier alpha value is -3.83. The monoisotopic (exact) mass is 493 g/mol. The Morgan fingerprint density at radius 1 is 1.06 bits per heavy atom. The summed E-state index contributed by atoms with van der Waals surface area (Å²) >= 11 is 3.49. The van der Waals surface area contributed by atoms with Gasteiger partial charge in [-0.05, 0) is 69.5 Å². The van der Waals surface area contributed by atoms with Crippen LogP contribution in [0.5, 0.6) is 17.2 Å². The lowest BCUT2D eigenvalue weighted by Gasteiger charge is -2.09. The molecule has 0 aliphatic carbocycles. The van der Waals surface area contributed by atoms with Crippen molar-refractivity contribution < 1.29 is 19.0 Å². The average molecular weight is 494 g/mol. The van der Waals surface area contributed by atoms with Gasteiger partial charge in [-0.3, -0.25) is 4.79 Å². The molecule has 0 heterocycles. The Labute approximate surface area is 194 Å². The molecule has 0 saturated carbocycles. The zero-order chi connectivity index (χ0) is 22.9. The number of benzene rings is 3. The molecule has 0 atom stereocenters. The van der Waals surface area contributed by atoms with Gasteiger partial charge in [-0.2, -0.15) is 10.4 Å². The van der Waals surface area contributed by atoms with Crippen molar-refractivity contribution in [3.8, 4) is 23.3 Å². The molecular weight excluding hydrogens is 474 g/mol. The minimum absolute atomic E-state index is 0.367. The fourth-order valence-electron chi connectivity index (χ4n) is 2.72. The van der Waals surface area contributed by atoms with E-state index in [-0.39, 0.29) is 5.91 Å². The van der Waals surface area contributed by atoms with Crippen LogP contribution in [0.25, 0.3) is 0 Å². The minimum Gasteiger partial charge on any atom is -0.497 e. The summed E-state index contributed by atoms with van der Waals surface area (Å²) in [5, 5.41) is 12.9. The molecule has 0 spiro atoms. The third kappa shape index (κ3) is 6.09. The fraction of sp³-hybridized carbons (Fsp3) is 0.125. The molecule has 0 aromatic heterocycles. The molecule has 32 heavy (non-hydrogen) atoms. The molecule has 0 unspecified atom stereocenters. The van der Waals surface area contributed by atoms with Crippen molar-refractivity contribution in [2.75, 3.05) is 14.2 Å². The Bertz CT molecular complexity index is 1150. The smallest absolute Gasteiger partial charge is 0.271 e. The number of hydrazone groups is 1. The molecule has 162 valence electrons. The Balaban J connectivity index is 1.60. The summed E-state index contributed by atoms with van der Waals surface area (Å²) in [6.45, 7) is 0.373. The first-order chi connectivity index (χ1) is 15.5. The zero-order valence-electron chi connectivity index (χ0n) is 17.5. The van der Waals surface area contributed by atoms with E-state index in [2.05, 4.69) is 32.5 Å². The summed E-state index contributed by atoms with van der Waals surface area (Å²) in [7, 11) is 3.04. The van der Waals surface area contributed by atoms with E-state index in [0.717, 1.165) is 15.6 Å². The molecule has 0 saturated heterocycles. The molecule has 0 bridgehead atoms. The number of carbonyl (C=O) groups excluding carboxylic acids is 1. The summed E-state index contributed by atoms with van der Waals surface area (Å²) < 4.78 is 16.9. The number of methoxy groups -OCH3 is 2. The molecule has 1 amide bonds. The van der Waals surface area contributed by atoms with Crippen molar-refractivity contribution in [1.29, 1.82) is 5.26 Å². The summed E-state index contributed by atoms with van der Waals surface area (Å²) in [5.74, 6) is 1.30.